The van der Waals surface area contributed by atoms with Crippen molar-refractivity contribution < 1.29 is 0 Å². The molecule has 0 radical (unpaired) electrons. The fraction of sp³-hybridized carbons (Fsp3) is 1.00. The highest BCUT2D eigenvalue weighted by Crippen LogP contribution is 2.18. The molecule has 0 aliphatic carbocycles. The molecule has 0 aromatic carbocycles. The van der Waals surface area contributed by atoms with Crippen molar-refractivity contribution >= 4 is 0 Å². The number of nitrogens with zero attached hydrogens (tertiary/aromatic N) is 1. The van der Waals surface area contributed by atoms with Gasteiger partial charge in [-0.3, -0.25) is 4.90 Å². The van der Waals surface area contributed by atoms with E-state index in [4.69, 9.17) is 5.73 Å². The second-order valence-corrected chi connectivity index (χ2v) is 4.29. The Kier molecular flexibility index (Phi) is 4.74. The molecule has 2 unspecified atom stereocenters. The maximum Gasteiger partial charge on any atom is 0.0243 e. The Morgan fingerprint density at radius 1 is 1.23 bits per heavy atom. The van der Waals surface area contributed by atoms with E-state index in [-0.39, 0.29) is 0 Å². The minimum atomic E-state index is 0.630. The molecule has 0 spiro atoms. The molecule has 0 bridgehead atoms. The molecule has 1 aliphatic rings. The molecule has 0 amide bonds. The van der Waals surface area contributed by atoms with Crippen molar-refractivity contribution in [2.75, 3.05) is 19.6 Å². The number of rotatable bonds is 4. The molecular weight excluding hydrogens is 160 g/mol. The topological polar surface area (TPSA) is 29.3 Å². The summed E-state index contributed by atoms with van der Waals surface area (Å²) in [4.78, 5) is 2.59. The average molecular weight is 184 g/mol. The fourth-order valence-electron chi connectivity index (χ4n) is 2.26. The van der Waals surface area contributed by atoms with Gasteiger partial charge in [-0.05, 0) is 31.8 Å². The number of hydrogen-bond acceptors (Lipinski definition) is 2. The maximum atomic E-state index is 5.84. The lowest BCUT2D eigenvalue weighted by Gasteiger charge is -2.37. The van der Waals surface area contributed by atoms with Crippen molar-refractivity contribution in [3.63, 3.8) is 0 Å². The van der Waals surface area contributed by atoms with Crippen molar-refractivity contribution in [1.29, 1.82) is 0 Å². The van der Waals surface area contributed by atoms with Gasteiger partial charge in [0.15, 0.2) is 0 Å². The minimum Gasteiger partial charge on any atom is -0.329 e. The van der Waals surface area contributed by atoms with Gasteiger partial charge in [-0.25, -0.2) is 0 Å². The van der Waals surface area contributed by atoms with E-state index in [0.717, 1.165) is 12.5 Å². The zero-order chi connectivity index (χ0) is 9.68. The van der Waals surface area contributed by atoms with Crippen LogP contribution in [0, 0.1) is 5.92 Å². The summed E-state index contributed by atoms with van der Waals surface area (Å²) in [6, 6.07) is 0.630. The third-order valence-electron chi connectivity index (χ3n) is 3.40. The largest absolute Gasteiger partial charge is 0.329 e. The highest BCUT2D eigenvalue weighted by molar-refractivity contribution is 4.79. The SMILES string of the molecule is CCC(C)C(CN)N1CCCCC1. The molecule has 78 valence electrons. The van der Waals surface area contributed by atoms with Crippen LogP contribution in [-0.2, 0) is 0 Å². The fourth-order valence-corrected chi connectivity index (χ4v) is 2.26. The van der Waals surface area contributed by atoms with E-state index in [2.05, 4.69) is 18.7 Å². The van der Waals surface area contributed by atoms with Crippen LogP contribution in [0.15, 0.2) is 0 Å². The summed E-state index contributed by atoms with van der Waals surface area (Å²) in [6.45, 7) is 7.96. The van der Waals surface area contributed by atoms with Gasteiger partial charge >= 0.3 is 0 Å². The standard InChI is InChI=1S/C11H24N2/c1-3-10(2)11(9-12)13-7-5-4-6-8-13/h10-11H,3-9,12H2,1-2H3. The van der Waals surface area contributed by atoms with Gasteiger partial charge in [-0.1, -0.05) is 26.7 Å². The summed E-state index contributed by atoms with van der Waals surface area (Å²) >= 11 is 0. The first-order chi connectivity index (χ1) is 6.29. The molecule has 2 heteroatoms. The Morgan fingerprint density at radius 2 is 1.85 bits per heavy atom. The third kappa shape index (κ3) is 2.96. The van der Waals surface area contributed by atoms with Crippen LogP contribution in [0.1, 0.15) is 39.5 Å². The second-order valence-electron chi connectivity index (χ2n) is 4.29. The van der Waals surface area contributed by atoms with Gasteiger partial charge in [0.1, 0.15) is 0 Å². The van der Waals surface area contributed by atoms with Crippen LogP contribution in [0.2, 0.25) is 0 Å². The highest BCUT2D eigenvalue weighted by atomic mass is 15.2. The lowest BCUT2D eigenvalue weighted by atomic mass is 9.95. The Bertz CT molecular complexity index is 130. The van der Waals surface area contributed by atoms with Crippen LogP contribution in [0.4, 0.5) is 0 Å². The summed E-state index contributed by atoms with van der Waals surface area (Å²) in [6.07, 6.45) is 5.40. The van der Waals surface area contributed by atoms with Gasteiger partial charge in [0.25, 0.3) is 0 Å². The molecule has 1 fully saturated rings. The molecule has 2 nitrogen and oxygen atoms in total. The first-order valence-corrected chi connectivity index (χ1v) is 5.73. The van der Waals surface area contributed by atoms with Gasteiger partial charge < -0.3 is 5.73 Å². The average Bonchev–Trinajstić information content (AvgIpc) is 2.20. The normalized spacial score (nSPS) is 24.2. The van der Waals surface area contributed by atoms with E-state index in [0.29, 0.717) is 6.04 Å². The molecule has 0 aromatic rings. The van der Waals surface area contributed by atoms with Crippen LogP contribution in [0.25, 0.3) is 0 Å². The number of piperidine rings is 1. The Labute approximate surface area is 82.5 Å². The Hall–Kier alpha value is -0.0800. The van der Waals surface area contributed by atoms with Crippen LogP contribution < -0.4 is 5.73 Å². The van der Waals surface area contributed by atoms with Gasteiger partial charge in [-0.15, -0.1) is 0 Å². The van der Waals surface area contributed by atoms with Crippen LogP contribution >= 0.6 is 0 Å². The number of nitrogens with two attached hydrogens (primary N) is 1. The molecule has 1 rings (SSSR count). The van der Waals surface area contributed by atoms with E-state index < -0.39 is 0 Å². The highest BCUT2D eigenvalue weighted by Gasteiger charge is 2.23. The quantitative estimate of drug-likeness (QED) is 0.722. The smallest absolute Gasteiger partial charge is 0.0243 e. The van der Waals surface area contributed by atoms with Crippen LogP contribution in [-0.4, -0.2) is 30.6 Å². The van der Waals surface area contributed by atoms with Crippen molar-refractivity contribution in [2.24, 2.45) is 11.7 Å². The van der Waals surface area contributed by atoms with E-state index in [1.807, 2.05) is 0 Å². The maximum absolute atomic E-state index is 5.84. The van der Waals surface area contributed by atoms with Gasteiger partial charge in [0.2, 0.25) is 0 Å². The summed E-state index contributed by atoms with van der Waals surface area (Å²) in [5.74, 6) is 0.753. The number of hydrogen-bond donors (Lipinski definition) is 1. The van der Waals surface area contributed by atoms with E-state index in [9.17, 15) is 0 Å². The number of likely N-dealkylation sites (tertiary alicyclic amines) is 1. The summed E-state index contributed by atoms with van der Waals surface area (Å²) in [7, 11) is 0. The lowest BCUT2D eigenvalue weighted by Crippen LogP contribution is -2.47. The van der Waals surface area contributed by atoms with Crippen molar-refractivity contribution in [1.82, 2.24) is 4.90 Å². The van der Waals surface area contributed by atoms with Crippen molar-refractivity contribution in [3.05, 3.63) is 0 Å². The molecule has 13 heavy (non-hydrogen) atoms. The summed E-state index contributed by atoms with van der Waals surface area (Å²) in [5.41, 5.74) is 5.84. The first kappa shape index (κ1) is 11.0. The van der Waals surface area contributed by atoms with Gasteiger partial charge in [0, 0.05) is 12.6 Å². The molecule has 2 atom stereocenters. The predicted octanol–water partition coefficient (Wildman–Crippen LogP) is 1.85. The Balaban J connectivity index is 2.43. The van der Waals surface area contributed by atoms with Gasteiger partial charge in [0.05, 0.1) is 0 Å². The zero-order valence-electron chi connectivity index (χ0n) is 9.13. The van der Waals surface area contributed by atoms with Crippen molar-refractivity contribution in [2.45, 2.75) is 45.6 Å². The molecule has 1 aliphatic heterocycles. The predicted molar refractivity (Wildman–Crippen MR) is 57.7 cm³/mol. The first-order valence-electron chi connectivity index (χ1n) is 5.73. The van der Waals surface area contributed by atoms with Crippen LogP contribution in [0.3, 0.4) is 0 Å². The van der Waals surface area contributed by atoms with E-state index in [1.165, 1.54) is 38.8 Å². The molecule has 2 N–H and O–H groups in total. The van der Waals surface area contributed by atoms with Crippen LogP contribution in [0.5, 0.6) is 0 Å². The monoisotopic (exact) mass is 184 g/mol. The second kappa shape index (κ2) is 5.61. The lowest BCUT2D eigenvalue weighted by molar-refractivity contribution is 0.125. The van der Waals surface area contributed by atoms with E-state index in [1.54, 1.807) is 0 Å². The Morgan fingerprint density at radius 3 is 2.31 bits per heavy atom. The van der Waals surface area contributed by atoms with E-state index >= 15 is 0 Å². The third-order valence-corrected chi connectivity index (χ3v) is 3.40. The molecule has 1 heterocycles. The molecule has 0 saturated carbocycles. The minimum absolute atomic E-state index is 0.630. The van der Waals surface area contributed by atoms with Crippen molar-refractivity contribution in [3.8, 4) is 0 Å². The summed E-state index contributed by atoms with van der Waals surface area (Å²) < 4.78 is 0. The zero-order valence-corrected chi connectivity index (χ0v) is 9.13. The molecular formula is C11H24N2. The molecule has 0 aromatic heterocycles. The van der Waals surface area contributed by atoms with Gasteiger partial charge in [-0.2, -0.15) is 0 Å². The molecule has 1 saturated heterocycles. The summed E-state index contributed by atoms with van der Waals surface area (Å²) in [5, 5.41) is 0.